The summed E-state index contributed by atoms with van der Waals surface area (Å²) < 4.78 is 10.5. The maximum absolute atomic E-state index is 11.7. The van der Waals surface area contributed by atoms with Crippen molar-refractivity contribution in [2.75, 3.05) is 24.9 Å². The van der Waals surface area contributed by atoms with Crippen LogP contribution in [-0.2, 0) is 0 Å². The summed E-state index contributed by atoms with van der Waals surface area (Å²) in [5.41, 5.74) is 1.10. The highest BCUT2D eigenvalue weighted by Crippen LogP contribution is 2.36. The van der Waals surface area contributed by atoms with Gasteiger partial charge in [-0.15, -0.1) is 0 Å². The van der Waals surface area contributed by atoms with Gasteiger partial charge in [-0.2, -0.15) is 0 Å². The number of nitro groups is 1. The van der Waals surface area contributed by atoms with Crippen LogP contribution < -0.4 is 20.1 Å². The van der Waals surface area contributed by atoms with Gasteiger partial charge < -0.3 is 20.1 Å². The molecule has 3 rings (SSSR count). The minimum Gasteiger partial charge on any atom is -0.497 e. The molecule has 0 amide bonds. The van der Waals surface area contributed by atoms with Crippen molar-refractivity contribution in [1.29, 1.82) is 0 Å². The second kappa shape index (κ2) is 8.16. The Balaban J connectivity index is 2.00. The zero-order valence-corrected chi connectivity index (χ0v) is 15.5. The number of rotatable bonds is 7. The van der Waals surface area contributed by atoms with Gasteiger partial charge in [0.2, 0.25) is 11.6 Å². The van der Waals surface area contributed by atoms with Crippen molar-refractivity contribution < 1.29 is 14.4 Å². The number of anilines is 4. The summed E-state index contributed by atoms with van der Waals surface area (Å²) in [5.74, 6) is 1.48. The Bertz CT molecular complexity index is 994. The fraction of sp³-hybridized carbons (Fsp3) is 0.167. The first kappa shape index (κ1) is 18.8. The van der Waals surface area contributed by atoms with Crippen LogP contribution >= 0.6 is 0 Å². The molecule has 0 aliphatic carbocycles. The third-order valence-corrected chi connectivity index (χ3v) is 3.82. The lowest BCUT2D eigenvalue weighted by atomic mass is 10.2. The van der Waals surface area contributed by atoms with E-state index in [0.29, 0.717) is 23.0 Å². The van der Waals surface area contributed by atoms with Crippen molar-refractivity contribution in [3.8, 4) is 11.5 Å². The van der Waals surface area contributed by atoms with E-state index < -0.39 is 4.92 Å². The molecule has 0 aliphatic rings. The van der Waals surface area contributed by atoms with Gasteiger partial charge in [0.25, 0.3) is 0 Å². The first-order chi connectivity index (χ1) is 13.5. The van der Waals surface area contributed by atoms with Crippen molar-refractivity contribution in [3.05, 3.63) is 58.5 Å². The van der Waals surface area contributed by atoms with Gasteiger partial charge in [-0.25, -0.2) is 15.0 Å². The SMILES string of the molecule is COc1ccc(OC)c(Nc2ncnc(Nc3ccc(C)cn3)c2[N+](=O)[O-])c1. The van der Waals surface area contributed by atoms with E-state index in [1.54, 1.807) is 30.5 Å². The van der Waals surface area contributed by atoms with Crippen molar-refractivity contribution in [2.45, 2.75) is 6.92 Å². The van der Waals surface area contributed by atoms with Gasteiger partial charge in [-0.1, -0.05) is 6.07 Å². The Morgan fingerprint density at radius 3 is 2.36 bits per heavy atom. The van der Waals surface area contributed by atoms with Crippen molar-refractivity contribution in [1.82, 2.24) is 15.0 Å². The van der Waals surface area contributed by atoms with Crippen LogP contribution in [0.3, 0.4) is 0 Å². The lowest BCUT2D eigenvalue weighted by molar-refractivity contribution is -0.383. The van der Waals surface area contributed by atoms with Crippen LogP contribution in [0, 0.1) is 17.0 Å². The van der Waals surface area contributed by atoms with Crippen LogP contribution in [0.25, 0.3) is 0 Å². The van der Waals surface area contributed by atoms with Crippen LogP contribution in [0.5, 0.6) is 11.5 Å². The fourth-order valence-corrected chi connectivity index (χ4v) is 2.44. The number of hydrogen-bond donors (Lipinski definition) is 2. The van der Waals surface area contributed by atoms with E-state index in [1.165, 1.54) is 20.5 Å². The zero-order valence-electron chi connectivity index (χ0n) is 15.5. The molecule has 0 unspecified atom stereocenters. The molecule has 0 radical (unpaired) electrons. The molecule has 1 aromatic carbocycles. The molecule has 2 aromatic heterocycles. The van der Waals surface area contributed by atoms with Gasteiger partial charge in [-0.3, -0.25) is 10.1 Å². The van der Waals surface area contributed by atoms with Gasteiger partial charge in [-0.05, 0) is 30.7 Å². The van der Waals surface area contributed by atoms with Crippen LogP contribution in [0.15, 0.2) is 42.9 Å². The molecule has 2 heterocycles. The lowest BCUT2D eigenvalue weighted by Crippen LogP contribution is -2.06. The second-order valence-corrected chi connectivity index (χ2v) is 5.71. The van der Waals surface area contributed by atoms with Crippen molar-refractivity contribution in [3.63, 3.8) is 0 Å². The highest BCUT2D eigenvalue weighted by atomic mass is 16.6. The van der Waals surface area contributed by atoms with Crippen LogP contribution in [0.4, 0.5) is 28.8 Å². The molecule has 3 aromatic rings. The maximum Gasteiger partial charge on any atom is 0.353 e. The number of aromatic nitrogens is 3. The summed E-state index contributed by atoms with van der Waals surface area (Å²) in [7, 11) is 3.02. The third kappa shape index (κ3) is 4.06. The second-order valence-electron chi connectivity index (χ2n) is 5.71. The van der Waals surface area contributed by atoms with Gasteiger partial charge in [0.15, 0.2) is 0 Å². The van der Waals surface area contributed by atoms with E-state index in [4.69, 9.17) is 9.47 Å². The predicted octanol–water partition coefficient (Wildman–Crippen LogP) is 3.59. The van der Waals surface area contributed by atoms with E-state index in [-0.39, 0.29) is 17.3 Å². The minimum absolute atomic E-state index is 0.00108. The maximum atomic E-state index is 11.7. The normalized spacial score (nSPS) is 10.2. The number of pyridine rings is 1. The first-order valence-corrected chi connectivity index (χ1v) is 8.20. The topological polar surface area (TPSA) is 124 Å². The van der Waals surface area contributed by atoms with E-state index in [1.807, 2.05) is 13.0 Å². The van der Waals surface area contributed by atoms with E-state index >= 15 is 0 Å². The Labute approximate surface area is 160 Å². The standard InChI is InChI=1S/C18H18N6O4/c1-11-4-7-15(19-9-11)23-18-16(24(25)26)17(20-10-21-18)22-13-8-12(27-2)5-6-14(13)28-3/h4-10H,1-3H3,(H2,19,20,21,22,23). The summed E-state index contributed by atoms with van der Waals surface area (Å²) in [5, 5.41) is 17.5. The number of hydrogen-bond acceptors (Lipinski definition) is 9. The van der Waals surface area contributed by atoms with Gasteiger partial charge in [0.1, 0.15) is 23.6 Å². The van der Waals surface area contributed by atoms with Gasteiger partial charge >= 0.3 is 5.69 Å². The largest absolute Gasteiger partial charge is 0.497 e. The molecule has 10 heteroatoms. The number of ether oxygens (including phenoxy) is 2. The number of methoxy groups -OCH3 is 2. The third-order valence-electron chi connectivity index (χ3n) is 3.82. The summed E-state index contributed by atoms with van der Waals surface area (Å²) in [6.45, 7) is 1.90. The number of nitrogens with zero attached hydrogens (tertiary/aromatic N) is 4. The molecule has 0 fully saturated rings. The Kier molecular flexibility index (Phi) is 5.49. The Hall–Kier alpha value is -3.95. The highest BCUT2D eigenvalue weighted by molar-refractivity contribution is 5.78. The molecule has 0 aliphatic heterocycles. The van der Waals surface area contributed by atoms with E-state index in [2.05, 4.69) is 25.6 Å². The van der Waals surface area contributed by atoms with Gasteiger partial charge in [0, 0.05) is 12.3 Å². The van der Waals surface area contributed by atoms with Crippen LogP contribution in [0.1, 0.15) is 5.56 Å². The Morgan fingerprint density at radius 2 is 1.75 bits per heavy atom. The number of nitrogens with one attached hydrogen (secondary N) is 2. The number of aryl methyl sites for hydroxylation is 1. The van der Waals surface area contributed by atoms with E-state index in [0.717, 1.165) is 5.56 Å². The molecular weight excluding hydrogens is 364 g/mol. The molecule has 10 nitrogen and oxygen atoms in total. The molecule has 144 valence electrons. The zero-order chi connectivity index (χ0) is 20.1. The molecule has 28 heavy (non-hydrogen) atoms. The molecule has 0 spiro atoms. The molecule has 0 atom stereocenters. The quantitative estimate of drug-likeness (QED) is 0.466. The summed E-state index contributed by atoms with van der Waals surface area (Å²) >= 11 is 0. The summed E-state index contributed by atoms with van der Waals surface area (Å²) in [6, 6.07) is 8.60. The van der Waals surface area contributed by atoms with Gasteiger partial charge in [0.05, 0.1) is 24.8 Å². The first-order valence-electron chi connectivity index (χ1n) is 8.20. The summed E-state index contributed by atoms with van der Waals surface area (Å²) in [4.78, 5) is 23.4. The monoisotopic (exact) mass is 382 g/mol. The molecule has 0 saturated heterocycles. The average Bonchev–Trinajstić information content (AvgIpc) is 2.69. The average molecular weight is 382 g/mol. The predicted molar refractivity (Wildman–Crippen MR) is 104 cm³/mol. The van der Waals surface area contributed by atoms with Crippen molar-refractivity contribution >= 4 is 28.8 Å². The fourth-order valence-electron chi connectivity index (χ4n) is 2.44. The molecular formula is C18H18N6O4. The van der Waals surface area contributed by atoms with Crippen LogP contribution in [0.2, 0.25) is 0 Å². The van der Waals surface area contributed by atoms with E-state index in [9.17, 15) is 10.1 Å². The Morgan fingerprint density at radius 1 is 1.00 bits per heavy atom. The number of benzene rings is 1. The molecule has 2 N–H and O–H groups in total. The minimum atomic E-state index is -0.564. The van der Waals surface area contributed by atoms with Crippen LogP contribution in [-0.4, -0.2) is 34.1 Å². The summed E-state index contributed by atoms with van der Waals surface area (Å²) in [6.07, 6.45) is 2.87. The van der Waals surface area contributed by atoms with Crippen molar-refractivity contribution in [2.24, 2.45) is 0 Å². The highest BCUT2D eigenvalue weighted by Gasteiger charge is 2.24. The molecule has 0 bridgehead atoms. The lowest BCUT2D eigenvalue weighted by Gasteiger charge is -2.13. The smallest absolute Gasteiger partial charge is 0.353 e. The molecule has 0 saturated carbocycles.